The predicted octanol–water partition coefficient (Wildman–Crippen LogP) is -0.695. The van der Waals surface area contributed by atoms with Crippen LogP contribution >= 0.6 is 0 Å². The Morgan fingerprint density at radius 2 is 2.13 bits per heavy atom. The molecule has 0 saturated carbocycles. The van der Waals surface area contributed by atoms with Crippen molar-refractivity contribution >= 4 is 24.0 Å². The Morgan fingerprint density at radius 3 is 2.84 bits per heavy atom. The molecule has 0 spiro atoms. The van der Waals surface area contributed by atoms with Gasteiger partial charge in [0.1, 0.15) is 23.8 Å². The van der Waals surface area contributed by atoms with Crippen molar-refractivity contribution < 1.29 is 14.3 Å². The molecule has 0 atom stereocenters. The highest BCUT2D eigenvalue weighted by atomic mass is 16.5. The molecular formula is C20H28N8O3. The summed E-state index contributed by atoms with van der Waals surface area (Å²) >= 11 is 0. The number of amides is 2. The monoisotopic (exact) mass is 428 g/mol. The molecule has 0 bridgehead atoms. The van der Waals surface area contributed by atoms with Crippen molar-refractivity contribution in [2.45, 2.75) is 12.5 Å². The Morgan fingerprint density at radius 1 is 1.39 bits per heavy atom. The largest absolute Gasteiger partial charge is 0.378 e. The molecule has 0 aliphatic carbocycles. The predicted molar refractivity (Wildman–Crippen MR) is 116 cm³/mol. The van der Waals surface area contributed by atoms with Crippen molar-refractivity contribution in [3.63, 3.8) is 0 Å². The average molecular weight is 428 g/mol. The van der Waals surface area contributed by atoms with Crippen molar-refractivity contribution in [3.05, 3.63) is 43.1 Å². The number of nitrogens with zero attached hydrogens (tertiary/aromatic N) is 6. The number of carbonyl (C=O) groups is 2. The summed E-state index contributed by atoms with van der Waals surface area (Å²) in [4.78, 5) is 40.6. The molecule has 11 nitrogen and oxygen atoms in total. The van der Waals surface area contributed by atoms with Gasteiger partial charge in [0.25, 0.3) is 0 Å². The summed E-state index contributed by atoms with van der Waals surface area (Å²) in [6, 6.07) is 1.84. The van der Waals surface area contributed by atoms with Gasteiger partial charge in [-0.1, -0.05) is 13.2 Å². The van der Waals surface area contributed by atoms with Crippen LogP contribution in [0.25, 0.3) is 0 Å². The quantitative estimate of drug-likeness (QED) is 0.230. The first kappa shape index (κ1) is 22.2. The first-order chi connectivity index (χ1) is 14.9. The molecule has 0 aromatic carbocycles. The number of aliphatic imine (C=N–C) groups is 1. The number of nitrogens with one attached hydrogen (secondary N) is 2. The van der Waals surface area contributed by atoms with Crippen LogP contribution in [-0.2, 0) is 20.7 Å². The molecule has 1 aromatic rings. The number of carbonyl (C=O) groups excluding carboxylic acids is 2. The topological polar surface area (TPSA) is 115 Å². The van der Waals surface area contributed by atoms with E-state index >= 15 is 0 Å². The van der Waals surface area contributed by atoms with Gasteiger partial charge in [-0.2, -0.15) is 0 Å². The number of morpholine rings is 1. The van der Waals surface area contributed by atoms with E-state index in [0.29, 0.717) is 37.9 Å². The molecule has 0 unspecified atom stereocenters. The van der Waals surface area contributed by atoms with E-state index < -0.39 is 0 Å². The minimum atomic E-state index is -0.261. The molecule has 2 N–H and O–H groups in total. The van der Waals surface area contributed by atoms with Crippen molar-refractivity contribution in [1.82, 2.24) is 30.6 Å². The molecule has 2 fully saturated rings. The Balaban J connectivity index is 1.44. The maximum Gasteiger partial charge on any atom is 0.246 e. The summed E-state index contributed by atoms with van der Waals surface area (Å²) in [5.74, 6) is 1.31. The third-order valence-electron chi connectivity index (χ3n) is 4.80. The van der Waals surface area contributed by atoms with Gasteiger partial charge in [0.05, 0.1) is 25.7 Å². The minimum absolute atomic E-state index is 0.0287. The first-order valence-corrected chi connectivity index (χ1v) is 10.0. The van der Waals surface area contributed by atoms with Crippen LogP contribution < -0.4 is 15.6 Å². The highest BCUT2D eigenvalue weighted by Gasteiger charge is 2.28. The van der Waals surface area contributed by atoms with E-state index in [2.05, 4.69) is 38.9 Å². The van der Waals surface area contributed by atoms with Gasteiger partial charge in [-0.15, -0.1) is 0 Å². The lowest BCUT2D eigenvalue weighted by molar-refractivity contribution is -0.123. The van der Waals surface area contributed by atoms with E-state index in [1.165, 1.54) is 17.4 Å². The molecule has 2 amide bonds. The molecular weight excluding hydrogens is 400 g/mol. The third-order valence-corrected chi connectivity index (χ3v) is 4.80. The molecule has 0 radical (unpaired) electrons. The Labute approximate surface area is 181 Å². The zero-order valence-electron chi connectivity index (χ0n) is 17.7. The SMILES string of the molecule is C=CC(=O)NC1CN(c2ccnc(CC(=O)NN(C)C=NC(=C)N3CCOCC3)n2)C1. The van der Waals surface area contributed by atoms with Crippen LogP contribution in [0, 0.1) is 0 Å². The fourth-order valence-corrected chi connectivity index (χ4v) is 3.13. The normalized spacial score (nSPS) is 16.5. The van der Waals surface area contributed by atoms with Crippen molar-refractivity contribution in [1.29, 1.82) is 0 Å². The number of hydrogen-bond acceptors (Lipinski definition) is 8. The second-order valence-corrected chi connectivity index (χ2v) is 7.23. The van der Waals surface area contributed by atoms with Gasteiger partial charge in [-0.25, -0.2) is 15.0 Å². The summed E-state index contributed by atoms with van der Waals surface area (Å²) in [5, 5.41) is 4.31. The van der Waals surface area contributed by atoms with Gasteiger partial charge in [-0.3, -0.25) is 20.0 Å². The number of rotatable bonds is 9. The highest BCUT2D eigenvalue weighted by Crippen LogP contribution is 2.18. The molecule has 11 heteroatoms. The summed E-state index contributed by atoms with van der Waals surface area (Å²) in [6.45, 7) is 11.5. The molecule has 2 aliphatic heterocycles. The standard InChI is InChI=1S/C20H28N8O3/c1-4-19(29)23-16-12-28(13-16)18-5-6-21-17(24-18)11-20(30)25-26(3)14-22-15(2)27-7-9-31-10-8-27/h4-6,14,16H,1-2,7-13H2,3H3,(H,23,29)(H,25,30). The van der Waals surface area contributed by atoms with E-state index in [1.54, 1.807) is 19.3 Å². The van der Waals surface area contributed by atoms with Crippen molar-refractivity contribution in [2.75, 3.05) is 51.3 Å². The fourth-order valence-electron chi connectivity index (χ4n) is 3.13. The Bertz CT molecular complexity index is 847. The lowest BCUT2D eigenvalue weighted by atomic mass is 10.1. The average Bonchev–Trinajstić information content (AvgIpc) is 2.74. The summed E-state index contributed by atoms with van der Waals surface area (Å²) < 4.78 is 5.31. The smallest absolute Gasteiger partial charge is 0.246 e. The lowest BCUT2D eigenvalue weighted by Gasteiger charge is -2.40. The number of aromatic nitrogens is 2. The van der Waals surface area contributed by atoms with Gasteiger partial charge < -0.3 is 19.9 Å². The first-order valence-electron chi connectivity index (χ1n) is 10.0. The molecule has 3 rings (SSSR count). The van der Waals surface area contributed by atoms with E-state index in [9.17, 15) is 9.59 Å². The van der Waals surface area contributed by atoms with Crippen LogP contribution in [0.5, 0.6) is 0 Å². The molecule has 166 valence electrons. The number of hydrazine groups is 1. The minimum Gasteiger partial charge on any atom is -0.378 e. The Kier molecular flexibility index (Phi) is 7.55. The zero-order valence-corrected chi connectivity index (χ0v) is 17.7. The molecule has 31 heavy (non-hydrogen) atoms. The van der Waals surface area contributed by atoms with Crippen LogP contribution in [-0.4, -0.2) is 90.5 Å². The summed E-state index contributed by atoms with van der Waals surface area (Å²) in [5.41, 5.74) is 2.71. The summed E-state index contributed by atoms with van der Waals surface area (Å²) in [7, 11) is 1.68. The van der Waals surface area contributed by atoms with Crippen LogP contribution in [0.1, 0.15) is 5.82 Å². The number of anilines is 1. The highest BCUT2D eigenvalue weighted by molar-refractivity contribution is 5.87. The second kappa shape index (κ2) is 10.5. The van der Waals surface area contributed by atoms with Crippen molar-refractivity contribution in [3.8, 4) is 0 Å². The maximum atomic E-state index is 12.3. The van der Waals surface area contributed by atoms with Crippen LogP contribution in [0.4, 0.5) is 5.82 Å². The molecule has 2 aliphatic rings. The van der Waals surface area contributed by atoms with Crippen molar-refractivity contribution in [2.24, 2.45) is 4.99 Å². The third kappa shape index (κ3) is 6.51. The molecule has 1 aromatic heterocycles. The van der Waals surface area contributed by atoms with Crippen LogP contribution in [0.15, 0.2) is 42.3 Å². The van der Waals surface area contributed by atoms with Crippen LogP contribution in [0.3, 0.4) is 0 Å². The lowest BCUT2D eigenvalue weighted by Crippen LogP contribution is -2.59. The van der Waals surface area contributed by atoms with Gasteiger partial charge in [0, 0.05) is 39.4 Å². The molecule has 2 saturated heterocycles. The van der Waals surface area contributed by atoms with E-state index in [-0.39, 0.29) is 24.3 Å². The van der Waals surface area contributed by atoms with E-state index in [1.807, 2.05) is 9.80 Å². The summed E-state index contributed by atoms with van der Waals surface area (Å²) in [6.07, 6.45) is 4.41. The van der Waals surface area contributed by atoms with Gasteiger partial charge in [0.15, 0.2) is 0 Å². The maximum absolute atomic E-state index is 12.3. The number of ether oxygens (including phenoxy) is 1. The number of hydrogen-bond donors (Lipinski definition) is 2. The Hall–Kier alpha value is -3.47. The van der Waals surface area contributed by atoms with E-state index in [0.717, 1.165) is 18.9 Å². The fraction of sp³-hybridized carbons (Fsp3) is 0.450. The van der Waals surface area contributed by atoms with Gasteiger partial charge in [0.2, 0.25) is 11.8 Å². The van der Waals surface area contributed by atoms with Gasteiger partial charge in [-0.05, 0) is 12.1 Å². The van der Waals surface area contributed by atoms with Crippen LogP contribution in [0.2, 0.25) is 0 Å². The molecule has 3 heterocycles. The zero-order chi connectivity index (χ0) is 22.2. The second-order valence-electron chi connectivity index (χ2n) is 7.23. The van der Waals surface area contributed by atoms with Gasteiger partial charge >= 0.3 is 0 Å². The van der Waals surface area contributed by atoms with E-state index in [4.69, 9.17) is 4.74 Å².